The highest BCUT2D eigenvalue weighted by atomic mass is 14.3. The molecule has 14 heavy (non-hydrogen) atoms. The fourth-order valence-corrected chi connectivity index (χ4v) is 2.29. The van der Waals surface area contributed by atoms with Gasteiger partial charge in [-0.25, -0.2) is 0 Å². The van der Waals surface area contributed by atoms with Crippen LogP contribution >= 0.6 is 0 Å². The molecule has 0 heterocycles. The molecule has 1 rings (SSSR count). The zero-order valence-corrected chi connectivity index (χ0v) is 9.59. The molecule has 0 aromatic heterocycles. The molecule has 1 aliphatic rings. The third-order valence-corrected chi connectivity index (χ3v) is 3.50. The minimum atomic E-state index is 0.588. The van der Waals surface area contributed by atoms with Gasteiger partial charge < -0.3 is 0 Å². The molecule has 0 radical (unpaired) electrons. The van der Waals surface area contributed by atoms with Crippen molar-refractivity contribution < 1.29 is 0 Å². The topological polar surface area (TPSA) is 23.8 Å². The molecule has 0 saturated heterocycles. The van der Waals surface area contributed by atoms with E-state index >= 15 is 0 Å². The van der Waals surface area contributed by atoms with Crippen LogP contribution in [0.25, 0.3) is 0 Å². The molecule has 1 aliphatic carbocycles. The minimum absolute atomic E-state index is 0.588. The zero-order valence-electron chi connectivity index (χ0n) is 9.59. The van der Waals surface area contributed by atoms with Gasteiger partial charge in [-0.05, 0) is 37.0 Å². The zero-order chi connectivity index (χ0) is 10.6. The predicted octanol–water partition coefficient (Wildman–Crippen LogP) is 3.92. The summed E-state index contributed by atoms with van der Waals surface area (Å²) in [5, 5.41) is 8.56. The molecule has 2 atom stereocenters. The highest BCUT2D eigenvalue weighted by Gasteiger charge is 2.24. The number of allylic oxidation sites excluding steroid dienone is 2. The van der Waals surface area contributed by atoms with Gasteiger partial charge in [-0.3, -0.25) is 0 Å². The van der Waals surface area contributed by atoms with Crippen LogP contribution in [0, 0.1) is 29.1 Å². The second-order valence-electron chi connectivity index (χ2n) is 4.83. The lowest BCUT2D eigenvalue weighted by Gasteiger charge is -2.31. The van der Waals surface area contributed by atoms with Gasteiger partial charge in [0.25, 0.3) is 0 Å². The first-order valence-corrected chi connectivity index (χ1v) is 5.71. The summed E-state index contributed by atoms with van der Waals surface area (Å²) in [6, 6.07) is 2.20. The standard InChI is InChI=1S/C13H21N/c1-10(2)12-7-6-11(3)13(9-12)5-4-8-14/h5,10-12H,4,6-7,9H2,1-3H3/t11-,12+/m0/s1. The molecule has 0 aliphatic heterocycles. The lowest BCUT2D eigenvalue weighted by molar-refractivity contribution is 0.287. The van der Waals surface area contributed by atoms with Gasteiger partial charge in [0.15, 0.2) is 0 Å². The summed E-state index contributed by atoms with van der Waals surface area (Å²) < 4.78 is 0. The van der Waals surface area contributed by atoms with Gasteiger partial charge >= 0.3 is 0 Å². The average molecular weight is 191 g/mol. The van der Waals surface area contributed by atoms with Gasteiger partial charge in [0, 0.05) is 0 Å². The fourth-order valence-electron chi connectivity index (χ4n) is 2.29. The second kappa shape index (κ2) is 5.20. The van der Waals surface area contributed by atoms with Gasteiger partial charge in [-0.15, -0.1) is 0 Å². The lowest BCUT2D eigenvalue weighted by atomic mass is 9.74. The number of rotatable bonds is 2. The summed E-state index contributed by atoms with van der Waals surface area (Å²) in [6.45, 7) is 6.91. The molecule has 0 aromatic rings. The van der Waals surface area contributed by atoms with Crippen LogP contribution in [0.5, 0.6) is 0 Å². The van der Waals surface area contributed by atoms with Crippen LogP contribution in [0.2, 0.25) is 0 Å². The maximum Gasteiger partial charge on any atom is 0.0663 e. The Balaban J connectivity index is 2.60. The van der Waals surface area contributed by atoms with Gasteiger partial charge in [-0.1, -0.05) is 32.4 Å². The Morgan fingerprint density at radius 3 is 2.79 bits per heavy atom. The molecule has 1 fully saturated rings. The summed E-state index contributed by atoms with van der Waals surface area (Å²) in [5.74, 6) is 2.34. The Morgan fingerprint density at radius 2 is 2.21 bits per heavy atom. The summed E-state index contributed by atoms with van der Waals surface area (Å²) in [5.41, 5.74) is 1.52. The molecular weight excluding hydrogens is 170 g/mol. The monoisotopic (exact) mass is 191 g/mol. The third kappa shape index (κ3) is 2.87. The number of nitriles is 1. The van der Waals surface area contributed by atoms with Gasteiger partial charge in [0.1, 0.15) is 0 Å². The summed E-state index contributed by atoms with van der Waals surface area (Å²) in [7, 11) is 0. The molecule has 1 saturated carbocycles. The van der Waals surface area contributed by atoms with E-state index in [1.165, 1.54) is 24.8 Å². The Labute approximate surface area is 87.8 Å². The van der Waals surface area contributed by atoms with Crippen LogP contribution in [-0.2, 0) is 0 Å². The third-order valence-electron chi connectivity index (χ3n) is 3.50. The molecule has 0 amide bonds. The van der Waals surface area contributed by atoms with E-state index in [0.717, 1.165) is 11.8 Å². The molecule has 0 N–H and O–H groups in total. The minimum Gasteiger partial charge on any atom is -0.198 e. The highest BCUT2D eigenvalue weighted by molar-refractivity contribution is 5.12. The smallest absolute Gasteiger partial charge is 0.0663 e. The van der Waals surface area contributed by atoms with E-state index in [0.29, 0.717) is 12.3 Å². The van der Waals surface area contributed by atoms with Crippen LogP contribution in [0.15, 0.2) is 11.6 Å². The van der Waals surface area contributed by atoms with Crippen molar-refractivity contribution in [3.8, 4) is 6.07 Å². The van der Waals surface area contributed by atoms with E-state index in [1.807, 2.05) is 0 Å². The van der Waals surface area contributed by atoms with Crippen molar-refractivity contribution in [3.05, 3.63) is 11.6 Å². The SMILES string of the molecule is CC(C)[C@@H]1CC[C@H](C)C(=CCC#N)C1. The van der Waals surface area contributed by atoms with Gasteiger partial charge in [0.05, 0.1) is 12.5 Å². The Morgan fingerprint density at radius 1 is 1.50 bits per heavy atom. The number of hydrogen-bond donors (Lipinski definition) is 0. The molecule has 0 unspecified atom stereocenters. The number of hydrogen-bond acceptors (Lipinski definition) is 1. The van der Waals surface area contributed by atoms with Crippen molar-refractivity contribution in [1.29, 1.82) is 5.26 Å². The first-order valence-electron chi connectivity index (χ1n) is 5.71. The van der Waals surface area contributed by atoms with Crippen molar-refractivity contribution in [2.45, 2.75) is 46.5 Å². The average Bonchev–Trinajstić information content (AvgIpc) is 2.16. The summed E-state index contributed by atoms with van der Waals surface area (Å²) in [6.07, 6.45) is 6.63. The van der Waals surface area contributed by atoms with Crippen molar-refractivity contribution in [1.82, 2.24) is 0 Å². The van der Waals surface area contributed by atoms with E-state index in [4.69, 9.17) is 5.26 Å². The molecule has 0 aromatic carbocycles. The molecule has 0 bridgehead atoms. The first-order chi connectivity index (χ1) is 6.65. The quantitative estimate of drug-likeness (QED) is 0.607. The Kier molecular flexibility index (Phi) is 4.20. The normalized spacial score (nSPS) is 30.6. The molecule has 1 heteroatoms. The summed E-state index contributed by atoms with van der Waals surface area (Å²) in [4.78, 5) is 0. The second-order valence-corrected chi connectivity index (χ2v) is 4.83. The Hall–Kier alpha value is -0.770. The van der Waals surface area contributed by atoms with E-state index < -0.39 is 0 Å². The van der Waals surface area contributed by atoms with Crippen LogP contribution in [0.1, 0.15) is 46.5 Å². The van der Waals surface area contributed by atoms with Crippen molar-refractivity contribution in [2.24, 2.45) is 17.8 Å². The van der Waals surface area contributed by atoms with E-state index in [9.17, 15) is 0 Å². The lowest BCUT2D eigenvalue weighted by Crippen LogP contribution is -2.19. The van der Waals surface area contributed by atoms with Crippen molar-refractivity contribution in [3.63, 3.8) is 0 Å². The molecular formula is C13H21N. The van der Waals surface area contributed by atoms with Crippen LogP contribution in [0.4, 0.5) is 0 Å². The van der Waals surface area contributed by atoms with E-state index in [2.05, 4.69) is 32.9 Å². The van der Waals surface area contributed by atoms with Crippen molar-refractivity contribution in [2.75, 3.05) is 0 Å². The maximum absolute atomic E-state index is 8.56. The largest absolute Gasteiger partial charge is 0.198 e. The fraction of sp³-hybridized carbons (Fsp3) is 0.769. The van der Waals surface area contributed by atoms with E-state index in [1.54, 1.807) is 0 Å². The summed E-state index contributed by atoms with van der Waals surface area (Å²) >= 11 is 0. The van der Waals surface area contributed by atoms with E-state index in [-0.39, 0.29) is 0 Å². The molecule has 1 nitrogen and oxygen atoms in total. The van der Waals surface area contributed by atoms with Crippen molar-refractivity contribution >= 4 is 0 Å². The molecule has 0 spiro atoms. The van der Waals surface area contributed by atoms with Gasteiger partial charge in [0.2, 0.25) is 0 Å². The predicted molar refractivity (Wildman–Crippen MR) is 59.7 cm³/mol. The van der Waals surface area contributed by atoms with Crippen LogP contribution in [0.3, 0.4) is 0 Å². The number of nitrogens with zero attached hydrogens (tertiary/aromatic N) is 1. The van der Waals surface area contributed by atoms with Crippen LogP contribution < -0.4 is 0 Å². The first kappa shape index (κ1) is 11.3. The Bertz CT molecular complexity index is 244. The van der Waals surface area contributed by atoms with Gasteiger partial charge in [-0.2, -0.15) is 5.26 Å². The van der Waals surface area contributed by atoms with Crippen LogP contribution in [-0.4, -0.2) is 0 Å². The maximum atomic E-state index is 8.56. The highest BCUT2D eigenvalue weighted by Crippen LogP contribution is 2.36. The molecule has 78 valence electrons.